The normalized spacial score (nSPS) is 28.5. The molecule has 0 bridgehead atoms. The van der Waals surface area contributed by atoms with Crippen molar-refractivity contribution in [3.8, 4) is 0 Å². The number of hydrogen-bond donors (Lipinski definition) is 2. The number of carboxylic acids is 1. The number of aliphatic carboxylic acids is 1. The van der Waals surface area contributed by atoms with Crippen LogP contribution in [0.2, 0.25) is 0 Å². The van der Waals surface area contributed by atoms with E-state index in [9.17, 15) is 14.0 Å². The van der Waals surface area contributed by atoms with Gasteiger partial charge in [-0.05, 0) is 6.42 Å². The molecule has 2 atom stereocenters. The minimum atomic E-state index is -1.60. The van der Waals surface area contributed by atoms with Gasteiger partial charge in [-0.2, -0.15) is 0 Å². The molecule has 1 aliphatic rings. The Labute approximate surface area is 73.8 Å². The number of nitrogens with zero attached hydrogens (tertiary/aromatic N) is 1. The minimum Gasteiger partial charge on any atom is -0.481 e. The van der Waals surface area contributed by atoms with Crippen LogP contribution in [0, 0.1) is 5.92 Å². The number of carbonyl (C=O) groups is 2. The lowest BCUT2D eigenvalue weighted by Gasteiger charge is -2.30. The molecular formula is C7H10FNO4. The van der Waals surface area contributed by atoms with Crippen LogP contribution in [0.5, 0.6) is 0 Å². The number of rotatable bonds is 1. The van der Waals surface area contributed by atoms with Gasteiger partial charge < -0.3 is 15.1 Å². The van der Waals surface area contributed by atoms with Gasteiger partial charge in [0.15, 0.2) is 0 Å². The summed E-state index contributed by atoms with van der Waals surface area (Å²) in [6.45, 7) is -0.251. The van der Waals surface area contributed by atoms with Crippen molar-refractivity contribution in [1.82, 2.24) is 4.90 Å². The van der Waals surface area contributed by atoms with Crippen molar-refractivity contribution in [3.05, 3.63) is 0 Å². The first-order chi connectivity index (χ1) is 6.02. The summed E-state index contributed by atoms with van der Waals surface area (Å²) in [5.41, 5.74) is 0. The van der Waals surface area contributed by atoms with E-state index in [1.807, 2.05) is 0 Å². The fourth-order valence-electron chi connectivity index (χ4n) is 1.36. The van der Waals surface area contributed by atoms with Crippen molar-refractivity contribution in [2.45, 2.75) is 12.6 Å². The Bertz CT molecular complexity index is 233. The van der Waals surface area contributed by atoms with Gasteiger partial charge in [0.2, 0.25) is 0 Å². The largest absolute Gasteiger partial charge is 0.481 e. The van der Waals surface area contributed by atoms with E-state index in [2.05, 4.69) is 0 Å². The third-order valence-electron chi connectivity index (χ3n) is 2.13. The molecule has 1 saturated heterocycles. The molecule has 1 heterocycles. The maximum atomic E-state index is 13.0. The first kappa shape index (κ1) is 9.76. The zero-order chi connectivity index (χ0) is 10.0. The highest BCUT2D eigenvalue weighted by Gasteiger charge is 2.35. The summed E-state index contributed by atoms with van der Waals surface area (Å²) >= 11 is 0. The third kappa shape index (κ3) is 2.07. The van der Waals surface area contributed by atoms with Crippen LogP contribution in [0.3, 0.4) is 0 Å². The van der Waals surface area contributed by atoms with Crippen LogP contribution < -0.4 is 0 Å². The maximum Gasteiger partial charge on any atom is 0.407 e. The zero-order valence-electron chi connectivity index (χ0n) is 6.81. The molecule has 0 radical (unpaired) electrons. The molecular weight excluding hydrogens is 181 g/mol. The standard InChI is InChI=1S/C7H10FNO4/c8-5-3-9(7(12)13)2-1-4(5)6(10)11/h4-5H,1-3H2,(H,10,11)(H,12,13). The molecule has 0 saturated carbocycles. The lowest BCUT2D eigenvalue weighted by Crippen LogP contribution is -2.46. The molecule has 2 N–H and O–H groups in total. The highest BCUT2D eigenvalue weighted by Crippen LogP contribution is 2.20. The highest BCUT2D eigenvalue weighted by molar-refractivity contribution is 5.72. The van der Waals surface area contributed by atoms with Gasteiger partial charge in [0.05, 0.1) is 12.5 Å². The van der Waals surface area contributed by atoms with E-state index in [1.54, 1.807) is 0 Å². The van der Waals surface area contributed by atoms with Crippen LogP contribution in [-0.2, 0) is 4.79 Å². The Balaban J connectivity index is 2.56. The van der Waals surface area contributed by atoms with Crippen LogP contribution in [0.4, 0.5) is 9.18 Å². The SMILES string of the molecule is O=C(O)C1CCN(C(=O)O)CC1F. The van der Waals surface area contributed by atoms with E-state index in [-0.39, 0.29) is 19.5 Å². The molecule has 6 heteroatoms. The number of piperidine rings is 1. The van der Waals surface area contributed by atoms with Crippen molar-refractivity contribution in [3.63, 3.8) is 0 Å². The van der Waals surface area contributed by atoms with E-state index in [1.165, 1.54) is 0 Å². The van der Waals surface area contributed by atoms with E-state index >= 15 is 0 Å². The number of likely N-dealkylation sites (tertiary alicyclic amines) is 1. The van der Waals surface area contributed by atoms with E-state index < -0.39 is 24.2 Å². The molecule has 1 aliphatic heterocycles. The van der Waals surface area contributed by atoms with Gasteiger partial charge in [-0.15, -0.1) is 0 Å². The lowest BCUT2D eigenvalue weighted by atomic mass is 9.95. The molecule has 0 aromatic carbocycles. The molecule has 13 heavy (non-hydrogen) atoms. The molecule has 0 aromatic heterocycles. The van der Waals surface area contributed by atoms with E-state index in [4.69, 9.17) is 10.2 Å². The molecule has 0 aromatic rings. The Hall–Kier alpha value is -1.33. The zero-order valence-corrected chi connectivity index (χ0v) is 6.81. The lowest BCUT2D eigenvalue weighted by molar-refractivity contribution is -0.146. The van der Waals surface area contributed by atoms with Gasteiger partial charge in [-0.1, -0.05) is 0 Å². The van der Waals surface area contributed by atoms with Gasteiger partial charge in [-0.3, -0.25) is 4.79 Å². The van der Waals surface area contributed by atoms with E-state index in [0.29, 0.717) is 0 Å². The van der Waals surface area contributed by atoms with Gasteiger partial charge in [0, 0.05) is 6.54 Å². The summed E-state index contributed by atoms with van der Waals surface area (Å²) < 4.78 is 13.0. The molecule has 0 spiro atoms. The Morgan fingerprint density at radius 3 is 2.38 bits per heavy atom. The molecule has 0 aliphatic carbocycles. The fourth-order valence-corrected chi connectivity index (χ4v) is 1.36. The van der Waals surface area contributed by atoms with Crippen molar-refractivity contribution in [1.29, 1.82) is 0 Å². The topological polar surface area (TPSA) is 77.8 Å². The van der Waals surface area contributed by atoms with Crippen molar-refractivity contribution < 1.29 is 24.2 Å². The number of halogens is 1. The monoisotopic (exact) mass is 191 g/mol. The average molecular weight is 191 g/mol. The smallest absolute Gasteiger partial charge is 0.407 e. The van der Waals surface area contributed by atoms with Gasteiger partial charge in [0.1, 0.15) is 6.17 Å². The predicted molar refractivity (Wildman–Crippen MR) is 40.2 cm³/mol. The van der Waals surface area contributed by atoms with Gasteiger partial charge in [-0.25, -0.2) is 9.18 Å². The Morgan fingerprint density at radius 1 is 1.38 bits per heavy atom. The molecule has 74 valence electrons. The first-order valence-electron chi connectivity index (χ1n) is 3.87. The Kier molecular flexibility index (Phi) is 2.69. The number of carboxylic acid groups (broad SMARTS) is 2. The number of alkyl halides is 1. The highest BCUT2D eigenvalue weighted by atomic mass is 19.1. The van der Waals surface area contributed by atoms with Crippen LogP contribution in [-0.4, -0.2) is 46.4 Å². The summed E-state index contributed by atoms with van der Waals surface area (Å²) in [5.74, 6) is -2.26. The van der Waals surface area contributed by atoms with Gasteiger partial charge >= 0.3 is 12.1 Å². The van der Waals surface area contributed by atoms with Crippen molar-refractivity contribution in [2.75, 3.05) is 13.1 Å². The molecule has 2 unspecified atom stereocenters. The molecule has 1 amide bonds. The maximum absolute atomic E-state index is 13.0. The quantitative estimate of drug-likeness (QED) is 0.629. The van der Waals surface area contributed by atoms with Crippen LogP contribution >= 0.6 is 0 Å². The molecule has 1 rings (SSSR count). The summed E-state index contributed by atoms with van der Waals surface area (Å²) in [6, 6.07) is 0. The second kappa shape index (κ2) is 3.59. The summed E-state index contributed by atoms with van der Waals surface area (Å²) in [5, 5.41) is 17.0. The van der Waals surface area contributed by atoms with Crippen LogP contribution in [0.15, 0.2) is 0 Å². The summed E-state index contributed by atoms with van der Waals surface area (Å²) in [6.07, 6.45) is -2.75. The van der Waals surface area contributed by atoms with E-state index in [0.717, 1.165) is 4.90 Å². The predicted octanol–water partition coefficient (Wildman–Crippen LogP) is 0.409. The first-order valence-corrected chi connectivity index (χ1v) is 3.87. The second-order valence-electron chi connectivity index (χ2n) is 2.98. The average Bonchev–Trinajstić information content (AvgIpc) is 2.03. The van der Waals surface area contributed by atoms with Crippen molar-refractivity contribution in [2.24, 2.45) is 5.92 Å². The third-order valence-corrected chi connectivity index (χ3v) is 2.13. The molecule has 5 nitrogen and oxygen atoms in total. The number of amides is 1. The molecule has 1 fully saturated rings. The Morgan fingerprint density at radius 2 is 2.00 bits per heavy atom. The van der Waals surface area contributed by atoms with Gasteiger partial charge in [0.25, 0.3) is 0 Å². The second-order valence-corrected chi connectivity index (χ2v) is 2.98. The number of hydrogen-bond acceptors (Lipinski definition) is 2. The van der Waals surface area contributed by atoms with Crippen LogP contribution in [0.1, 0.15) is 6.42 Å². The fraction of sp³-hybridized carbons (Fsp3) is 0.714. The van der Waals surface area contributed by atoms with Crippen molar-refractivity contribution >= 4 is 12.1 Å². The summed E-state index contributed by atoms with van der Waals surface area (Å²) in [7, 11) is 0. The summed E-state index contributed by atoms with van der Waals surface area (Å²) in [4.78, 5) is 21.7. The minimum absolute atomic E-state index is 0.0444. The van der Waals surface area contributed by atoms with Crippen LogP contribution in [0.25, 0.3) is 0 Å².